The van der Waals surface area contributed by atoms with Crippen LogP contribution in [0.15, 0.2) is 18.2 Å². The van der Waals surface area contributed by atoms with E-state index in [1.807, 2.05) is 6.92 Å². The van der Waals surface area contributed by atoms with E-state index in [9.17, 15) is 25.0 Å². The normalized spacial score (nSPS) is 11.8. The van der Waals surface area contributed by atoms with Crippen LogP contribution in [0, 0.1) is 20.2 Å². The Hall–Kier alpha value is -2.71. The van der Waals surface area contributed by atoms with Crippen molar-refractivity contribution in [1.82, 2.24) is 0 Å². The Morgan fingerprint density at radius 2 is 1.36 bits per heavy atom. The number of ether oxygens (including phenoxy) is 6. The summed E-state index contributed by atoms with van der Waals surface area (Å²) in [5, 5.41) is 21.9. The van der Waals surface area contributed by atoms with Crippen molar-refractivity contribution in [2.45, 2.75) is 19.4 Å². The number of hydrogen-bond acceptors (Lipinski definition) is 11. The van der Waals surface area contributed by atoms with Crippen LogP contribution < -0.4 is 0 Å². The molecule has 0 N–H and O–H groups in total. The molecular weight excluding hydrogens is 444 g/mol. The zero-order chi connectivity index (χ0) is 24.5. The largest absolute Gasteiger partial charge is 0.459 e. The number of hydrogen-bond donors (Lipinski definition) is 0. The minimum absolute atomic E-state index is 0.114. The third-order valence-corrected chi connectivity index (χ3v) is 3.99. The summed E-state index contributed by atoms with van der Waals surface area (Å²) < 4.78 is 31.7. The smallest absolute Gasteiger partial charge is 0.338 e. The van der Waals surface area contributed by atoms with Crippen LogP contribution in [0.25, 0.3) is 0 Å². The summed E-state index contributed by atoms with van der Waals surface area (Å²) >= 11 is 0. The molecule has 0 saturated carbocycles. The Morgan fingerprint density at radius 3 is 1.85 bits per heavy atom. The molecule has 13 nitrogen and oxygen atoms in total. The molecule has 0 aliphatic rings. The molecule has 33 heavy (non-hydrogen) atoms. The molecule has 1 aromatic carbocycles. The molecular formula is C20H30N2O11. The number of benzene rings is 1. The lowest BCUT2D eigenvalue weighted by atomic mass is 10.2. The zero-order valence-electron chi connectivity index (χ0n) is 18.8. The summed E-state index contributed by atoms with van der Waals surface area (Å²) in [6.07, 6.45) is 0.340. The second-order valence-corrected chi connectivity index (χ2v) is 6.64. The molecule has 0 saturated heterocycles. The Bertz CT molecular complexity index is 712. The maximum atomic E-state index is 12.3. The van der Waals surface area contributed by atoms with E-state index >= 15 is 0 Å². The fourth-order valence-electron chi connectivity index (χ4n) is 2.47. The van der Waals surface area contributed by atoms with Crippen LogP contribution in [-0.4, -0.2) is 88.5 Å². The monoisotopic (exact) mass is 474 g/mol. The second kappa shape index (κ2) is 16.9. The Balaban J connectivity index is 2.38. The van der Waals surface area contributed by atoms with Gasteiger partial charge in [-0.15, -0.1) is 0 Å². The van der Waals surface area contributed by atoms with E-state index < -0.39 is 33.3 Å². The first-order chi connectivity index (χ1) is 15.9. The van der Waals surface area contributed by atoms with Gasteiger partial charge < -0.3 is 28.4 Å². The molecule has 0 bridgehead atoms. The molecule has 0 amide bonds. The summed E-state index contributed by atoms with van der Waals surface area (Å²) in [5.41, 5.74) is -1.48. The Labute approximate surface area is 191 Å². The van der Waals surface area contributed by atoms with E-state index in [0.29, 0.717) is 33.0 Å². The van der Waals surface area contributed by atoms with Gasteiger partial charge in [0.25, 0.3) is 11.4 Å². The van der Waals surface area contributed by atoms with Gasteiger partial charge in [0.05, 0.1) is 67.7 Å². The van der Waals surface area contributed by atoms with Crippen LogP contribution in [0.4, 0.5) is 11.4 Å². The lowest BCUT2D eigenvalue weighted by Crippen LogP contribution is -2.28. The van der Waals surface area contributed by atoms with Crippen LogP contribution >= 0.6 is 0 Å². The number of esters is 1. The van der Waals surface area contributed by atoms with Crippen LogP contribution in [-0.2, 0) is 28.4 Å². The van der Waals surface area contributed by atoms with E-state index in [1.54, 1.807) is 0 Å². The number of non-ortho nitro benzene ring substituents is 2. The first-order valence-electron chi connectivity index (χ1n) is 10.3. The van der Waals surface area contributed by atoms with Gasteiger partial charge in [0.1, 0.15) is 12.7 Å². The van der Waals surface area contributed by atoms with Crippen LogP contribution in [0.3, 0.4) is 0 Å². The van der Waals surface area contributed by atoms with Gasteiger partial charge in [0, 0.05) is 25.8 Å². The fraction of sp³-hybridized carbons (Fsp3) is 0.650. The molecule has 0 heterocycles. The third kappa shape index (κ3) is 12.2. The van der Waals surface area contributed by atoms with Gasteiger partial charge in [0.15, 0.2) is 0 Å². The van der Waals surface area contributed by atoms with Crippen molar-refractivity contribution in [1.29, 1.82) is 0 Å². The summed E-state index contributed by atoms with van der Waals surface area (Å²) in [5.74, 6) is -0.956. The highest BCUT2D eigenvalue weighted by Gasteiger charge is 2.21. The molecule has 1 aromatic rings. The summed E-state index contributed by atoms with van der Waals surface area (Å²) in [6, 6.07) is 2.58. The van der Waals surface area contributed by atoms with Gasteiger partial charge in [-0.2, -0.15) is 0 Å². The number of carbonyl (C=O) groups excluding carboxylic acids is 1. The molecule has 0 fully saturated rings. The third-order valence-electron chi connectivity index (χ3n) is 3.99. The molecule has 0 aliphatic carbocycles. The highest BCUT2D eigenvalue weighted by molar-refractivity contribution is 5.91. The highest BCUT2D eigenvalue weighted by atomic mass is 16.6. The number of methoxy groups -OCH3 is 1. The zero-order valence-corrected chi connectivity index (χ0v) is 18.8. The topological polar surface area (TPSA) is 159 Å². The molecule has 0 radical (unpaired) electrons. The van der Waals surface area contributed by atoms with E-state index in [0.717, 1.165) is 24.6 Å². The average Bonchev–Trinajstić information content (AvgIpc) is 2.80. The fourth-order valence-corrected chi connectivity index (χ4v) is 2.47. The van der Waals surface area contributed by atoms with Gasteiger partial charge in [0.2, 0.25) is 0 Å². The Kier molecular flexibility index (Phi) is 14.5. The number of nitro groups is 2. The summed E-state index contributed by atoms with van der Waals surface area (Å²) in [4.78, 5) is 32.5. The quantitative estimate of drug-likeness (QED) is 0.125. The van der Waals surface area contributed by atoms with Crippen LogP contribution in [0.1, 0.15) is 23.7 Å². The SMILES string of the molecule is CCCOCCOCCOCCOC(COC)COC(=O)c1cc([N+](=O)[O-])cc([N+](=O)[O-])c1. The van der Waals surface area contributed by atoms with Crippen molar-refractivity contribution >= 4 is 17.3 Å². The van der Waals surface area contributed by atoms with Gasteiger partial charge in [-0.05, 0) is 6.42 Å². The van der Waals surface area contributed by atoms with Gasteiger partial charge in [-0.1, -0.05) is 6.92 Å². The number of carbonyl (C=O) groups is 1. The van der Waals surface area contributed by atoms with Crippen LogP contribution in [0.5, 0.6) is 0 Å². The van der Waals surface area contributed by atoms with Gasteiger partial charge >= 0.3 is 5.97 Å². The molecule has 0 aliphatic heterocycles. The van der Waals surface area contributed by atoms with Crippen LogP contribution in [0.2, 0.25) is 0 Å². The lowest BCUT2D eigenvalue weighted by molar-refractivity contribution is -0.394. The molecule has 13 heteroatoms. The second-order valence-electron chi connectivity index (χ2n) is 6.64. The van der Waals surface area contributed by atoms with Crippen molar-refractivity contribution in [2.24, 2.45) is 0 Å². The molecule has 186 valence electrons. The Morgan fingerprint density at radius 1 is 0.848 bits per heavy atom. The average molecular weight is 474 g/mol. The summed E-state index contributed by atoms with van der Waals surface area (Å²) in [6.45, 7) is 4.95. The van der Waals surface area contributed by atoms with Crippen molar-refractivity contribution in [2.75, 3.05) is 66.6 Å². The maximum absolute atomic E-state index is 12.3. The van der Waals surface area contributed by atoms with Crippen molar-refractivity contribution in [3.8, 4) is 0 Å². The standard InChI is InChI=1S/C20H30N2O11/c1-3-4-29-5-6-30-7-8-31-9-10-32-19(14-28-2)15-33-20(23)16-11-17(21(24)25)13-18(12-16)22(26)27/h11-13,19H,3-10,14-15H2,1-2H3. The molecule has 1 unspecified atom stereocenters. The number of nitro benzene ring substituents is 2. The molecule has 1 atom stereocenters. The van der Waals surface area contributed by atoms with E-state index in [2.05, 4.69) is 0 Å². The maximum Gasteiger partial charge on any atom is 0.338 e. The van der Waals surface area contributed by atoms with Crippen molar-refractivity contribution < 1.29 is 43.1 Å². The van der Waals surface area contributed by atoms with Crippen molar-refractivity contribution in [3.63, 3.8) is 0 Å². The minimum Gasteiger partial charge on any atom is -0.459 e. The predicted molar refractivity (Wildman–Crippen MR) is 114 cm³/mol. The number of rotatable bonds is 19. The van der Waals surface area contributed by atoms with E-state index in [1.165, 1.54) is 7.11 Å². The van der Waals surface area contributed by atoms with Gasteiger partial charge in [-0.25, -0.2) is 4.79 Å². The van der Waals surface area contributed by atoms with E-state index in [-0.39, 0.29) is 32.0 Å². The summed E-state index contributed by atoms with van der Waals surface area (Å²) in [7, 11) is 1.44. The predicted octanol–water partition coefficient (Wildman–Crippen LogP) is 2.15. The van der Waals surface area contributed by atoms with Gasteiger partial charge in [-0.3, -0.25) is 20.2 Å². The lowest BCUT2D eigenvalue weighted by Gasteiger charge is -2.17. The first-order valence-corrected chi connectivity index (χ1v) is 10.3. The van der Waals surface area contributed by atoms with E-state index in [4.69, 9.17) is 28.4 Å². The minimum atomic E-state index is -0.956. The molecule has 1 rings (SSSR count). The van der Waals surface area contributed by atoms with Crippen molar-refractivity contribution in [3.05, 3.63) is 44.0 Å². The molecule has 0 aromatic heterocycles. The molecule has 0 spiro atoms. The highest BCUT2D eigenvalue weighted by Crippen LogP contribution is 2.23. The number of nitrogens with zero attached hydrogens (tertiary/aromatic N) is 2. The first kappa shape index (κ1) is 28.3.